The van der Waals surface area contributed by atoms with Crippen LogP contribution in [-0.4, -0.2) is 38.1 Å². The molecule has 7 nitrogen and oxygen atoms in total. The van der Waals surface area contributed by atoms with Crippen LogP contribution in [0.1, 0.15) is 65.3 Å². The molecule has 4 N–H and O–H groups in total. The maximum atomic E-state index is 6.02. The summed E-state index contributed by atoms with van der Waals surface area (Å²) >= 11 is 0. The molecule has 3 rings (SSSR count). The van der Waals surface area contributed by atoms with Crippen molar-refractivity contribution in [1.29, 1.82) is 0 Å². The van der Waals surface area contributed by atoms with E-state index in [9.17, 15) is 0 Å². The minimum atomic E-state index is 0.309. The number of hydrogen-bond donors (Lipinski definition) is 3. The van der Waals surface area contributed by atoms with E-state index in [2.05, 4.69) is 41.0 Å². The summed E-state index contributed by atoms with van der Waals surface area (Å²) in [6.07, 6.45) is 8.39. The lowest BCUT2D eigenvalue weighted by atomic mass is 9.92. The molecule has 25 heavy (non-hydrogen) atoms. The van der Waals surface area contributed by atoms with Gasteiger partial charge in [0, 0.05) is 24.7 Å². The standard InChI is InChI=1S/C18H31N7/c1-4-5-10-20-16-15-17(25(11-21-15)12(2)3)24-18(23-16)22-14-8-6-13(19)7-9-14/h11-14H,4-10,19H2,1-3H3,(H2,20,22,23,24). The molecule has 0 aliphatic heterocycles. The van der Waals surface area contributed by atoms with E-state index >= 15 is 0 Å². The molecule has 0 unspecified atom stereocenters. The summed E-state index contributed by atoms with van der Waals surface area (Å²) in [6.45, 7) is 7.37. The van der Waals surface area contributed by atoms with Crippen LogP contribution in [0.4, 0.5) is 11.8 Å². The van der Waals surface area contributed by atoms with Crippen molar-refractivity contribution in [1.82, 2.24) is 19.5 Å². The Bertz CT molecular complexity index is 686. The van der Waals surface area contributed by atoms with Crippen molar-refractivity contribution in [3.8, 4) is 0 Å². The molecule has 0 amide bonds. The second-order valence-electron chi connectivity index (χ2n) is 7.35. The summed E-state index contributed by atoms with van der Waals surface area (Å²) in [5, 5.41) is 6.96. The van der Waals surface area contributed by atoms with Gasteiger partial charge in [0.05, 0.1) is 6.33 Å². The Kier molecular flexibility index (Phi) is 5.73. The molecule has 0 spiro atoms. The smallest absolute Gasteiger partial charge is 0.227 e. The van der Waals surface area contributed by atoms with Crippen LogP contribution < -0.4 is 16.4 Å². The number of unbranched alkanes of at least 4 members (excludes halogenated alkanes) is 1. The van der Waals surface area contributed by atoms with Crippen molar-refractivity contribution in [3.63, 3.8) is 0 Å². The van der Waals surface area contributed by atoms with Gasteiger partial charge in [0.25, 0.3) is 0 Å². The number of aromatic nitrogens is 4. The summed E-state index contributed by atoms with van der Waals surface area (Å²) in [7, 11) is 0. The summed E-state index contributed by atoms with van der Waals surface area (Å²) < 4.78 is 2.10. The third-order valence-corrected chi connectivity index (χ3v) is 4.91. The zero-order valence-electron chi connectivity index (χ0n) is 15.6. The lowest BCUT2D eigenvalue weighted by molar-refractivity contribution is 0.410. The van der Waals surface area contributed by atoms with Gasteiger partial charge in [-0.25, -0.2) is 4.98 Å². The van der Waals surface area contributed by atoms with E-state index < -0.39 is 0 Å². The molecule has 1 saturated carbocycles. The van der Waals surface area contributed by atoms with Crippen molar-refractivity contribution in [2.45, 2.75) is 77.4 Å². The van der Waals surface area contributed by atoms with Crippen LogP contribution in [0.3, 0.4) is 0 Å². The Hall–Kier alpha value is -1.89. The van der Waals surface area contributed by atoms with Crippen LogP contribution in [0.25, 0.3) is 11.2 Å². The highest BCUT2D eigenvalue weighted by atomic mass is 15.2. The second-order valence-corrected chi connectivity index (χ2v) is 7.35. The summed E-state index contributed by atoms with van der Waals surface area (Å²) in [4.78, 5) is 14.0. The molecule has 1 aliphatic carbocycles. The molecule has 1 aliphatic rings. The number of hydrogen-bond acceptors (Lipinski definition) is 6. The van der Waals surface area contributed by atoms with Gasteiger partial charge >= 0.3 is 0 Å². The maximum Gasteiger partial charge on any atom is 0.227 e. The van der Waals surface area contributed by atoms with Crippen molar-refractivity contribution < 1.29 is 0 Å². The fourth-order valence-electron chi connectivity index (χ4n) is 3.31. The van der Waals surface area contributed by atoms with Gasteiger partial charge in [0.1, 0.15) is 0 Å². The molecule has 0 radical (unpaired) electrons. The molecule has 0 bridgehead atoms. The van der Waals surface area contributed by atoms with Crippen LogP contribution in [0.2, 0.25) is 0 Å². The molecule has 138 valence electrons. The van der Waals surface area contributed by atoms with Gasteiger partial charge in [-0.3, -0.25) is 0 Å². The van der Waals surface area contributed by atoms with Crippen molar-refractivity contribution >= 4 is 22.9 Å². The molecule has 0 aromatic carbocycles. The highest BCUT2D eigenvalue weighted by Crippen LogP contribution is 2.25. The van der Waals surface area contributed by atoms with E-state index in [0.29, 0.717) is 24.1 Å². The van der Waals surface area contributed by atoms with Crippen molar-refractivity contribution in [2.75, 3.05) is 17.2 Å². The van der Waals surface area contributed by atoms with Crippen LogP contribution >= 0.6 is 0 Å². The van der Waals surface area contributed by atoms with E-state index in [0.717, 1.165) is 62.1 Å². The Balaban J connectivity index is 1.87. The minimum absolute atomic E-state index is 0.309. The Morgan fingerprint density at radius 1 is 1.24 bits per heavy atom. The summed E-state index contributed by atoms with van der Waals surface area (Å²) in [6, 6.07) is 1.05. The molecule has 7 heteroatoms. The largest absolute Gasteiger partial charge is 0.368 e. The molecule has 0 saturated heterocycles. The first-order valence-electron chi connectivity index (χ1n) is 9.59. The zero-order chi connectivity index (χ0) is 17.8. The van der Waals surface area contributed by atoms with Crippen LogP contribution in [0.15, 0.2) is 6.33 Å². The Morgan fingerprint density at radius 2 is 2.00 bits per heavy atom. The summed E-state index contributed by atoms with van der Waals surface area (Å²) in [5.41, 5.74) is 7.75. The van der Waals surface area contributed by atoms with Gasteiger partial charge in [-0.2, -0.15) is 9.97 Å². The van der Waals surface area contributed by atoms with E-state index in [-0.39, 0.29) is 0 Å². The Labute approximate surface area is 149 Å². The van der Waals surface area contributed by atoms with Crippen LogP contribution in [0, 0.1) is 0 Å². The van der Waals surface area contributed by atoms with Crippen LogP contribution in [0.5, 0.6) is 0 Å². The molecular weight excluding hydrogens is 314 g/mol. The third kappa shape index (κ3) is 4.21. The second kappa shape index (κ2) is 7.99. The third-order valence-electron chi connectivity index (χ3n) is 4.91. The first-order chi connectivity index (χ1) is 12.1. The van der Waals surface area contributed by atoms with Crippen molar-refractivity contribution in [3.05, 3.63) is 6.33 Å². The Morgan fingerprint density at radius 3 is 2.68 bits per heavy atom. The van der Waals surface area contributed by atoms with Gasteiger partial charge in [-0.15, -0.1) is 0 Å². The quantitative estimate of drug-likeness (QED) is 0.667. The maximum absolute atomic E-state index is 6.02. The van der Waals surface area contributed by atoms with E-state index in [1.807, 2.05) is 6.33 Å². The number of anilines is 2. The fraction of sp³-hybridized carbons (Fsp3) is 0.722. The number of fused-ring (bicyclic) bond motifs is 1. The predicted octanol–water partition coefficient (Wildman–Crippen LogP) is 3.30. The topological polar surface area (TPSA) is 93.7 Å². The molecule has 0 atom stereocenters. The number of nitrogens with one attached hydrogen (secondary N) is 2. The van der Waals surface area contributed by atoms with Gasteiger partial charge in [0.15, 0.2) is 17.0 Å². The zero-order valence-corrected chi connectivity index (χ0v) is 15.6. The minimum Gasteiger partial charge on any atom is -0.368 e. The van der Waals surface area contributed by atoms with E-state index in [1.165, 1.54) is 0 Å². The lowest BCUT2D eigenvalue weighted by Gasteiger charge is -2.27. The first kappa shape index (κ1) is 17.9. The first-order valence-corrected chi connectivity index (χ1v) is 9.59. The summed E-state index contributed by atoms with van der Waals surface area (Å²) in [5.74, 6) is 1.52. The van der Waals surface area contributed by atoms with E-state index in [1.54, 1.807) is 0 Å². The number of imidazole rings is 1. The number of rotatable bonds is 7. The fourth-order valence-corrected chi connectivity index (χ4v) is 3.31. The van der Waals surface area contributed by atoms with Crippen LogP contribution in [-0.2, 0) is 0 Å². The van der Waals surface area contributed by atoms with Gasteiger partial charge in [-0.1, -0.05) is 13.3 Å². The average molecular weight is 345 g/mol. The normalized spacial score (nSPS) is 21.0. The number of nitrogens with two attached hydrogens (primary N) is 1. The molecular formula is C18H31N7. The number of nitrogens with zero attached hydrogens (tertiary/aromatic N) is 4. The SMILES string of the molecule is CCCCNc1nc(NC2CCC(N)CC2)nc2c1ncn2C(C)C. The monoisotopic (exact) mass is 345 g/mol. The molecule has 2 heterocycles. The van der Waals surface area contributed by atoms with Crippen molar-refractivity contribution in [2.24, 2.45) is 5.73 Å². The highest BCUT2D eigenvalue weighted by Gasteiger charge is 2.21. The van der Waals surface area contributed by atoms with Gasteiger partial charge in [-0.05, 0) is 46.0 Å². The molecule has 2 aromatic rings. The van der Waals surface area contributed by atoms with E-state index in [4.69, 9.17) is 15.7 Å². The average Bonchev–Trinajstić information content (AvgIpc) is 3.01. The predicted molar refractivity (Wildman–Crippen MR) is 103 cm³/mol. The highest BCUT2D eigenvalue weighted by molar-refractivity contribution is 5.84. The molecule has 2 aromatic heterocycles. The molecule has 1 fully saturated rings. The van der Waals surface area contributed by atoms with Gasteiger partial charge < -0.3 is 20.9 Å². The van der Waals surface area contributed by atoms with Gasteiger partial charge in [0.2, 0.25) is 5.95 Å². The lowest BCUT2D eigenvalue weighted by Crippen LogP contribution is -2.33.